The fourth-order valence-corrected chi connectivity index (χ4v) is 5.40. The van der Waals surface area contributed by atoms with Crippen molar-refractivity contribution in [3.05, 3.63) is 58.0 Å². The highest BCUT2D eigenvalue weighted by molar-refractivity contribution is 7.97. The molecule has 0 aliphatic carbocycles. The van der Waals surface area contributed by atoms with Gasteiger partial charge in [0, 0.05) is 24.7 Å². The Kier molecular flexibility index (Phi) is 6.07. The van der Waals surface area contributed by atoms with E-state index in [2.05, 4.69) is 5.32 Å². The average Bonchev–Trinajstić information content (AvgIpc) is 2.72. The van der Waals surface area contributed by atoms with Crippen LogP contribution in [0.4, 0.5) is 5.69 Å². The van der Waals surface area contributed by atoms with Gasteiger partial charge in [-0.2, -0.15) is 0 Å². The van der Waals surface area contributed by atoms with Gasteiger partial charge in [-0.3, -0.25) is 9.10 Å². The van der Waals surface area contributed by atoms with Gasteiger partial charge >= 0.3 is 0 Å². The number of sulfonamides is 1. The summed E-state index contributed by atoms with van der Waals surface area (Å²) < 4.78 is 38.6. The summed E-state index contributed by atoms with van der Waals surface area (Å²) in [5.74, 6) is 0.255. The minimum Gasteiger partial charge on any atom is -0.493 e. The Morgan fingerprint density at radius 2 is 1.70 bits per heavy atom. The van der Waals surface area contributed by atoms with Gasteiger partial charge in [-0.25, -0.2) is 8.42 Å². The molecule has 7 nitrogen and oxygen atoms in total. The first kappa shape index (κ1) is 21.7. The number of nitrogens with zero attached hydrogens (tertiary/aromatic N) is 1. The number of hydrogen-bond donors (Lipinski definition) is 1. The summed E-state index contributed by atoms with van der Waals surface area (Å²) >= 11 is 0. The number of carbonyl (C=O) groups is 1. The van der Waals surface area contributed by atoms with E-state index in [9.17, 15) is 13.2 Å². The number of nitrogens with one attached hydrogen (secondary N) is 1. The standard InChI is InChI=1S/C22H26N2O5S/c1-6-24-18-12-20(29-5)19(28-4)11-17(18)15(3)21(30(24,26)27)22(25)23-13-16-10-8-7-9-14(16)2/h7-12H,6,13H2,1-5H3,(H,23,25). The monoisotopic (exact) mass is 430 g/mol. The van der Waals surface area contributed by atoms with E-state index < -0.39 is 15.9 Å². The molecule has 0 saturated carbocycles. The molecular weight excluding hydrogens is 404 g/mol. The van der Waals surface area contributed by atoms with E-state index in [1.807, 2.05) is 31.2 Å². The fraction of sp³-hybridized carbons (Fsp3) is 0.318. The highest BCUT2D eigenvalue weighted by Gasteiger charge is 2.39. The number of rotatable bonds is 6. The minimum absolute atomic E-state index is 0.173. The van der Waals surface area contributed by atoms with E-state index in [-0.39, 0.29) is 18.0 Å². The number of hydrogen-bond acceptors (Lipinski definition) is 5. The van der Waals surface area contributed by atoms with Crippen LogP contribution in [0.25, 0.3) is 5.57 Å². The van der Waals surface area contributed by atoms with Crippen LogP contribution in [-0.2, 0) is 21.4 Å². The van der Waals surface area contributed by atoms with E-state index in [1.54, 1.807) is 26.0 Å². The topological polar surface area (TPSA) is 84.9 Å². The molecular formula is C22H26N2O5S. The number of fused-ring (bicyclic) bond motifs is 1. The third-order valence-corrected chi connectivity index (χ3v) is 7.30. The maximum Gasteiger partial charge on any atom is 0.270 e. The number of carbonyl (C=O) groups excluding carboxylic acids is 1. The van der Waals surface area contributed by atoms with Crippen molar-refractivity contribution < 1.29 is 22.7 Å². The number of benzene rings is 2. The summed E-state index contributed by atoms with van der Waals surface area (Å²) in [6.45, 7) is 5.72. The van der Waals surface area contributed by atoms with Gasteiger partial charge < -0.3 is 14.8 Å². The fourth-order valence-electron chi connectivity index (χ4n) is 3.62. The van der Waals surface area contributed by atoms with Crippen LogP contribution in [0.1, 0.15) is 30.5 Å². The normalized spacial score (nSPS) is 14.9. The van der Waals surface area contributed by atoms with Crippen molar-refractivity contribution >= 4 is 27.2 Å². The Labute approximate surface area is 177 Å². The van der Waals surface area contributed by atoms with Crippen LogP contribution >= 0.6 is 0 Å². The number of methoxy groups -OCH3 is 2. The van der Waals surface area contributed by atoms with Gasteiger partial charge in [0.2, 0.25) is 0 Å². The second-order valence-corrected chi connectivity index (χ2v) is 8.76. The molecule has 8 heteroatoms. The van der Waals surface area contributed by atoms with Crippen molar-refractivity contribution in [1.82, 2.24) is 5.32 Å². The quantitative estimate of drug-likeness (QED) is 0.761. The molecule has 0 spiro atoms. The van der Waals surface area contributed by atoms with Crippen LogP contribution in [0.15, 0.2) is 41.3 Å². The van der Waals surface area contributed by atoms with Crippen molar-refractivity contribution in [3.63, 3.8) is 0 Å². The lowest BCUT2D eigenvalue weighted by Crippen LogP contribution is -2.41. The zero-order valence-electron chi connectivity index (χ0n) is 17.8. The molecule has 1 N–H and O–H groups in total. The van der Waals surface area contributed by atoms with E-state index >= 15 is 0 Å². The first-order valence-electron chi connectivity index (χ1n) is 9.58. The Hall–Kier alpha value is -3.00. The molecule has 2 aromatic rings. The molecule has 0 unspecified atom stereocenters. The number of ether oxygens (including phenoxy) is 2. The van der Waals surface area contributed by atoms with Gasteiger partial charge in [-0.05, 0) is 43.5 Å². The zero-order chi connectivity index (χ0) is 22.1. The minimum atomic E-state index is -4.03. The Morgan fingerprint density at radius 1 is 1.07 bits per heavy atom. The molecule has 0 saturated heterocycles. The molecule has 1 amide bonds. The molecule has 0 atom stereocenters. The second kappa shape index (κ2) is 8.39. The molecule has 2 aromatic carbocycles. The Bertz CT molecular complexity index is 1120. The van der Waals surface area contributed by atoms with E-state index in [0.717, 1.165) is 11.1 Å². The smallest absolute Gasteiger partial charge is 0.270 e. The summed E-state index contributed by atoms with van der Waals surface area (Å²) in [6.07, 6.45) is 0. The summed E-state index contributed by atoms with van der Waals surface area (Å²) in [6, 6.07) is 11.0. The van der Waals surface area contributed by atoms with Crippen molar-refractivity contribution in [2.24, 2.45) is 0 Å². The predicted octanol–water partition coefficient (Wildman–Crippen LogP) is 3.23. The number of anilines is 1. The lowest BCUT2D eigenvalue weighted by atomic mass is 10.0. The van der Waals surface area contributed by atoms with E-state index in [0.29, 0.717) is 28.3 Å². The van der Waals surface area contributed by atoms with Gasteiger partial charge in [-0.15, -0.1) is 0 Å². The first-order chi connectivity index (χ1) is 14.3. The van der Waals surface area contributed by atoms with Gasteiger partial charge in [-0.1, -0.05) is 24.3 Å². The molecule has 1 aliphatic rings. The Balaban J connectivity index is 2.08. The summed E-state index contributed by atoms with van der Waals surface area (Å²) in [5.41, 5.74) is 3.40. The average molecular weight is 431 g/mol. The van der Waals surface area contributed by atoms with Crippen LogP contribution in [0.2, 0.25) is 0 Å². The number of aryl methyl sites for hydroxylation is 1. The summed E-state index contributed by atoms with van der Waals surface area (Å²) in [4.78, 5) is 12.8. The molecule has 0 fully saturated rings. The Morgan fingerprint density at radius 3 is 2.30 bits per heavy atom. The maximum atomic E-state index is 13.3. The first-order valence-corrected chi connectivity index (χ1v) is 11.0. The molecule has 0 radical (unpaired) electrons. The molecule has 160 valence electrons. The van der Waals surface area contributed by atoms with Crippen molar-refractivity contribution in [3.8, 4) is 11.5 Å². The molecule has 1 heterocycles. The van der Waals surface area contributed by atoms with Gasteiger partial charge in [0.25, 0.3) is 15.9 Å². The van der Waals surface area contributed by atoms with Gasteiger partial charge in [0.1, 0.15) is 0 Å². The highest BCUT2D eigenvalue weighted by Crippen LogP contribution is 2.44. The summed E-state index contributed by atoms with van der Waals surface area (Å²) in [7, 11) is -1.03. The largest absolute Gasteiger partial charge is 0.493 e. The third kappa shape index (κ3) is 3.63. The van der Waals surface area contributed by atoms with Crippen molar-refractivity contribution in [1.29, 1.82) is 0 Å². The third-order valence-electron chi connectivity index (χ3n) is 5.26. The molecule has 0 aromatic heterocycles. The molecule has 0 bridgehead atoms. The van der Waals surface area contributed by atoms with Gasteiger partial charge in [0.05, 0.1) is 19.9 Å². The van der Waals surface area contributed by atoms with Crippen LogP contribution in [0.3, 0.4) is 0 Å². The second-order valence-electron chi connectivity index (χ2n) is 6.96. The SMILES string of the molecule is CCN1c2cc(OC)c(OC)cc2C(C)=C(C(=O)NCc2ccccc2C)S1(=O)=O. The molecule has 30 heavy (non-hydrogen) atoms. The molecule has 3 rings (SSSR count). The van der Waals surface area contributed by atoms with Gasteiger partial charge in [0.15, 0.2) is 16.4 Å². The number of allylic oxidation sites excluding steroid dienone is 1. The van der Waals surface area contributed by atoms with Crippen molar-refractivity contribution in [2.75, 3.05) is 25.1 Å². The maximum absolute atomic E-state index is 13.3. The number of amides is 1. The van der Waals surface area contributed by atoms with Crippen LogP contribution < -0.4 is 19.1 Å². The van der Waals surface area contributed by atoms with Crippen LogP contribution in [-0.4, -0.2) is 35.1 Å². The predicted molar refractivity (Wildman–Crippen MR) is 117 cm³/mol. The lowest BCUT2D eigenvalue weighted by molar-refractivity contribution is -0.117. The highest BCUT2D eigenvalue weighted by atomic mass is 32.2. The van der Waals surface area contributed by atoms with E-state index in [4.69, 9.17) is 9.47 Å². The van der Waals surface area contributed by atoms with E-state index in [1.165, 1.54) is 18.5 Å². The summed E-state index contributed by atoms with van der Waals surface area (Å²) in [5, 5.41) is 2.76. The molecule has 1 aliphatic heterocycles. The lowest BCUT2D eigenvalue weighted by Gasteiger charge is -2.32. The zero-order valence-corrected chi connectivity index (χ0v) is 18.6. The van der Waals surface area contributed by atoms with Crippen LogP contribution in [0, 0.1) is 6.92 Å². The van der Waals surface area contributed by atoms with Crippen molar-refractivity contribution in [2.45, 2.75) is 27.3 Å². The van der Waals surface area contributed by atoms with Crippen LogP contribution in [0.5, 0.6) is 11.5 Å².